The van der Waals surface area contributed by atoms with Crippen LogP contribution in [-0.4, -0.2) is 55.1 Å². The van der Waals surface area contributed by atoms with E-state index in [9.17, 15) is 14.4 Å². The van der Waals surface area contributed by atoms with E-state index in [-0.39, 0.29) is 19.8 Å². The number of carbonyl (C=O) groups excluding carboxylic acids is 3. The summed E-state index contributed by atoms with van der Waals surface area (Å²) in [7, 11) is 0. The first kappa shape index (κ1) is 16.8. The second-order valence-corrected chi connectivity index (χ2v) is 4.17. The van der Waals surface area contributed by atoms with Gasteiger partial charge in [0.1, 0.15) is 12.8 Å². The minimum absolute atomic E-state index is 0.00828. The fourth-order valence-electron chi connectivity index (χ4n) is 1.82. The summed E-state index contributed by atoms with van der Waals surface area (Å²) < 4.78 is 14.6. The van der Waals surface area contributed by atoms with Crippen LogP contribution in [0.2, 0.25) is 0 Å². The normalized spacial score (nSPS) is 20.0. The van der Waals surface area contributed by atoms with E-state index in [0.717, 1.165) is 0 Å². The smallest absolute Gasteiger partial charge is 0.412 e. The lowest BCUT2D eigenvalue weighted by Crippen LogP contribution is -2.52. The zero-order valence-electron chi connectivity index (χ0n) is 12.3. The average molecular weight is 300 g/mol. The molecule has 0 aromatic rings. The van der Waals surface area contributed by atoms with Crippen LogP contribution in [0.3, 0.4) is 0 Å². The largest absolute Gasteiger partial charge is 0.463 e. The first-order valence-electron chi connectivity index (χ1n) is 6.69. The predicted molar refractivity (Wildman–Crippen MR) is 72.4 cm³/mol. The molecular formula is C13H20N2O6. The quantitative estimate of drug-likeness (QED) is 0.463. The standard InChI is InChI=1S/C13H20N2O6/c1-4-19-12(17)14-11-7-6-10(8-21-9(3)16)15(11)13(18)20-5-2/h6-7,10-11H,4-5,8H2,1-3H3,(H,14,17)/t10-,11-/m0/s1. The van der Waals surface area contributed by atoms with Crippen LogP contribution in [0.5, 0.6) is 0 Å². The van der Waals surface area contributed by atoms with E-state index in [1.54, 1.807) is 26.0 Å². The van der Waals surface area contributed by atoms with Crippen molar-refractivity contribution in [3.63, 3.8) is 0 Å². The average Bonchev–Trinajstić information content (AvgIpc) is 2.79. The maximum Gasteiger partial charge on any atom is 0.412 e. The summed E-state index contributed by atoms with van der Waals surface area (Å²) in [5.74, 6) is -0.450. The first-order valence-corrected chi connectivity index (χ1v) is 6.69. The zero-order chi connectivity index (χ0) is 15.8. The van der Waals surface area contributed by atoms with Gasteiger partial charge in [-0.3, -0.25) is 15.0 Å². The van der Waals surface area contributed by atoms with Gasteiger partial charge in [-0.05, 0) is 19.9 Å². The molecule has 1 aliphatic rings. The maximum atomic E-state index is 12.0. The maximum absolute atomic E-state index is 12.0. The van der Waals surface area contributed by atoms with Crippen molar-refractivity contribution in [1.82, 2.24) is 10.2 Å². The Hall–Kier alpha value is -2.25. The minimum atomic E-state index is -0.705. The number of nitrogens with one attached hydrogen (secondary N) is 1. The summed E-state index contributed by atoms with van der Waals surface area (Å²) in [4.78, 5) is 35.6. The van der Waals surface area contributed by atoms with Crippen LogP contribution >= 0.6 is 0 Å². The molecule has 0 saturated carbocycles. The van der Waals surface area contributed by atoms with Gasteiger partial charge in [-0.2, -0.15) is 0 Å². The topological polar surface area (TPSA) is 94.2 Å². The summed E-state index contributed by atoms with van der Waals surface area (Å²) in [6.45, 7) is 5.04. The Labute approximate surface area is 123 Å². The van der Waals surface area contributed by atoms with E-state index < -0.39 is 30.4 Å². The number of carbonyl (C=O) groups is 3. The molecule has 8 nitrogen and oxygen atoms in total. The van der Waals surface area contributed by atoms with Crippen LogP contribution in [0.1, 0.15) is 20.8 Å². The molecule has 1 aliphatic heterocycles. The molecule has 0 aliphatic carbocycles. The second-order valence-electron chi connectivity index (χ2n) is 4.17. The molecule has 0 aromatic carbocycles. The van der Waals surface area contributed by atoms with Gasteiger partial charge in [0.25, 0.3) is 0 Å². The third-order valence-corrected chi connectivity index (χ3v) is 2.65. The molecule has 21 heavy (non-hydrogen) atoms. The van der Waals surface area contributed by atoms with Crippen molar-refractivity contribution in [1.29, 1.82) is 0 Å². The van der Waals surface area contributed by atoms with Gasteiger partial charge in [0.15, 0.2) is 0 Å². The molecule has 2 amide bonds. The molecular weight excluding hydrogens is 280 g/mol. The lowest BCUT2D eigenvalue weighted by Gasteiger charge is -2.29. The predicted octanol–water partition coefficient (Wildman–Crippen LogP) is 1.02. The molecule has 0 unspecified atom stereocenters. The molecule has 2 atom stereocenters. The lowest BCUT2D eigenvalue weighted by atomic mass is 10.3. The summed E-state index contributed by atoms with van der Waals surface area (Å²) in [6.07, 6.45) is 1.32. The number of hydrogen-bond donors (Lipinski definition) is 1. The van der Waals surface area contributed by atoms with Crippen molar-refractivity contribution in [3.05, 3.63) is 12.2 Å². The van der Waals surface area contributed by atoms with Gasteiger partial charge < -0.3 is 14.2 Å². The molecule has 1 N–H and O–H groups in total. The van der Waals surface area contributed by atoms with Gasteiger partial charge in [-0.15, -0.1) is 0 Å². The van der Waals surface area contributed by atoms with E-state index in [1.807, 2.05) is 0 Å². The number of hydrogen-bond acceptors (Lipinski definition) is 6. The Morgan fingerprint density at radius 3 is 2.33 bits per heavy atom. The Balaban J connectivity index is 2.73. The van der Waals surface area contributed by atoms with E-state index in [4.69, 9.17) is 14.2 Å². The van der Waals surface area contributed by atoms with Gasteiger partial charge in [0.05, 0.1) is 19.3 Å². The van der Waals surface area contributed by atoms with E-state index >= 15 is 0 Å². The highest BCUT2D eigenvalue weighted by Gasteiger charge is 2.35. The third kappa shape index (κ3) is 4.97. The van der Waals surface area contributed by atoms with Crippen molar-refractivity contribution in [3.8, 4) is 0 Å². The Kier molecular flexibility index (Phi) is 6.51. The highest BCUT2D eigenvalue weighted by Crippen LogP contribution is 2.17. The highest BCUT2D eigenvalue weighted by molar-refractivity contribution is 5.73. The summed E-state index contributed by atoms with van der Waals surface area (Å²) in [5.41, 5.74) is 0. The zero-order valence-corrected chi connectivity index (χ0v) is 12.3. The Morgan fingerprint density at radius 1 is 1.10 bits per heavy atom. The number of ether oxygens (including phenoxy) is 3. The SMILES string of the molecule is CCOC(=O)N[C@@H]1C=C[C@@H](COC(C)=O)N1C(=O)OCC. The molecule has 1 rings (SSSR count). The Morgan fingerprint density at radius 2 is 1.76 bits per heavy atom. The van der Waals surface area contributed by atoms with Crippen molar-refractivity contribution < 1.29 is 28.6 Å². The minimum Gasteiger partial charge on any atom is -0.463 e. The molecule has 0 aromatic heterocycles. The second kappa shape index (κ2) is 8.13. The molecule has 118 valence electrons. The molecule has 0 fully saturated rings. The number of amides is 2. The fourth-order valence-corrected chi connectivity index (χ4v) is 1.82. The van der Waals surface area contributed by atoms with E-state index in [2.05, 4.69) is 5.32 Å². The number of alkyl carbamates (subject to hydrolysis) is 1. The molecule has 0 radical (unpaired) electrons. The van der Waals surface area contributed by atoms with Gasteiger partial charge in [0.2, 0.25) is 0 Å². The van der Waals surface area contributed by atoms with Gasteiger partial charge in [-0.25, -0.2) is 9.59 Å². The highest BCUT2D eigenvalue weighted by atomic mass is 16.6. The Bertz CT molecular complexity index is 423. The van der Waals surface area contributed by atoms with Crippen molar-refractivity contribution in [2.45, 2.75) is 33.0 Å². The third-order valence-electron chi connectivity index (χ3n) is 2.65. The summed E-state index contributed by atoms with van der Waals surface area (Å²) in [6, 6.07) is -0.500. The van der Waals surface area contributed by atoms with Crippen molar-refractivity contribution >= 4 is 18.2 Å². The molecule has 0 spiro atoms. The molecule has 0 bridgehead atoms. The summed E-state index contributed by atoms with van der Waals surface area (Å²) >= 11 is 0. The first-order chi connectivity index (χ1) is 9.99. The van der Waals surface area contributed by atoms with Gasteiger partial charge in [-0.1, -0.05) is 6.08 Å². The van der Waals surface area contributed by atoms with Gasteiger partial charge >= 0.3 is 18.2 Å². The summed E-state index contributed by atoms with van der Waals surface area (Å²) in [5, 5.41) is 2.52. The van der Waals surface area contributed by atoms with Crippen molar-refractivity contribution in [2.75, 3.05) is 19.8 Å². The fraction of sp³-hybridized carbons (Fsp3) is 0.615. The molecule has 1 heterocycles. The van der Waals surface area contributed by atoms with E-state index in [0.29, 0.717) is 0 Å². The van der Waals surface area contributed by atoms with Crippen LogP contribution < -0.4 is 5.32 Å². The van der Waals surface area contributed by atoms with Crippen LogP contribution in [0, 0.1) is 0 Å². The van der Waals surface area contributed by atoms with Crippen LogP contribution in [0.15, 0.2) is 12.2 Å². The molecule has 0 saturated heterocycles. The molecule has 8 heteroatoms. The van der Waals surface area contributed by atoms with E-state index in [1.165, 1.54) is 11.8 Å². The number of esters is 1. The number of rotatable bonds is 5. The van der Waals surface area contributed by atoms with Crippen molar-refractivity contribution in [2.24, 2.45) is 0 Å². The van der Waals surface area contributed by atoms with Gasteiger partial charge in [0, 0.05) is 6.92 Å². The van der Waals surface area contributed by atoms with Crippen LogP contribution in [0.25, 0.3) is 0 Å². The lowest BCUT2D eigenvalue weighted by molar-refractivity contribution is -0.142. The monoisotopic (exact) mass is 300 g/mol. The number of nitrogens with zero attached hydrogens (tertiary/aromatic N) is 1. The van der Waals surface area contributed by atoms with Crippen LogP contribution in [-0.2, 0) is 19.0 Å². The van der Waals surface area contributed by atoms with Crippen LogP contribution in [0.4, 0.5) is 9.59 Å².